The number of amides is 1. The summed E-state index contributed by atoms with van der Waals surface area (Å²) in [6.45, 7) is 2.25. The third-order valence-corrected chi connectivity index (χ3v) is 5.54. The van der Waals surface area contributed by atoms with Crippen molar-refractivity contribution in [1.29, 1.82) is 0 Å². The van der Waals surface area contributed by atoms with Crippen LogP contribution in [0.2, 0.25) is 0 Å². The van der Waals surface area contributed by atoms with Crippen LogP contribution < -0.4 is 10.1 Å². The zero-order chi connectivity index (χ0) is 20.8. The third-order valence-electron chi connectivity index (χ3n) is 4.46. The molecule has 0 atom stereocenters. The zero-order valence-electron chi connectivity index (χ0n) is 16.5. The van der Waals surface area contributed by atoms with E-state index in [4.69, 9.17) is 9.15 Å². The molecule has 0 bridgehead atoms. The second kappa shape index (κ2) is 9.37. The van der Waals surface area contributed by atoms with Crippen LogP contribution in [-0.2, 0) is 6.61 Å². The number of hydrogen-bond acceptors (Lipinski definition) is 4. The van der Waals surface area contributed by atoms with E-state index in [2.05, 4.69) is 5.32 Å². The normalized spacial score (nSPS) is 10.6. The molecule has 3 aromatic carbocycles. The first kappa shape index (κ1) is 19.9. The molecule has 4 nitrogen and oxygen atoms in total. The number of ether oxygens (including phenoxy) is 1. The lowest BCUT2D eigenvalue weighted by Crippen LogP contribution is -2.11. The average molecular weight is 416 g/mol. The molecule has 1 N–H and O–H groups in total. The Hall–Kier alpha value is -3.44. The van der Waals surface area contributed by atoms with Crippen molar-refractivity contribution in [3.63, 3.8) is 0 Å². The van der Waals surface area contributed by atoms with Gasteiger partial charge >= 0.3 is 0 Å². The van der Waals surface area contributed by atoms with Crippen molar-refractivity contribution in [3.8, 4) is 5.75 Å². The Kier molecular flexibility index (Phi) is 6.20. The lowest BCUT2D eigenvalue weighted by atomic mass is 10.2. The van der Waals surface area contributed by atoms with Gasteiger partial charge in [0, 0.05) is 9.79 Å². The molecule has 0 aliphatic heterocycles. The summed E-state index contributed by atoms with van der Waals surface area (Å²) >= 11 is 1.60. The van der Waals surface area contributed by atoms with Gasteiger partial charge in [-0.25, -0.2) is 0 Å². The summed E-state index contributed by atoms with van der Waals surface area (Å²) in [4.78, 5) is 14.8. The maximum Gasteiger partial charge on any atom is 0.291 e. The van der Waals surface area contributed by atoms with Crippen LogP contribution >= 0.6 is 11.8 Å². The maximum absolute atomic E-state index is 12.7. The molecule has 0 spiro atoms. The number of nitrogens with one attached hydrogen (secondary N) is 1. The van der Waals surface area contributed by atoms with E-state index in [9.17, 15) is 4.79 Å². The van der Waals surface area contributed by atoms with Gasteiger partial charge in [0.2, 0.25) is 0 Å². The van der Waals surface area contributed by atoms with Gasteiger partial charge < -0.3 is 14.5 Å². The number of furan rings is 1. The van der Waals surface area contributed by atoms with E-state index >= 15 is 0 Å². The van der Waals surface area contributed by atoms with E-state index in [1.807, 2.05) is 85.8 Å². The van der Waals surface area contributed by atoms with Crippen molar-refractivity contribution >= 4 is 23.4 Å². The Morgan fingerprint density at radius 3 is 2.47 bits per heavy atom. The fourth-order valence-electron chi connectivity index (χ4n) is 2.90. The highest BCUT2D eigenvalue weighted by atomic mass is 32.2. The molecular formula is C25H21NO3S. The SMILES string of the molecule is Cc1ccccc1OCc1ccc(C(=O)Nc2ccccc2Sc2ccccc2)o1. The molecule has 4 rings (SSSR count). The topological polar surface area (TPSA) is 51.5 Å². The van der Waals surface area contributed by atoms with Crippen LogP contribution in [0.3, 0.4) is 0 Å². The summed E-state index contributed by atoms with van der Waals surface area (Å²) in [6.07, 6.45) is 0. The van der Waals surface area contributed by atoms with Gasteiger partial charge in [0.05, 0.1) is 5.69 Å². The molecular weight excluding hydrogens is 394 g/mol. The number of carbonyl (C=O) groups is 1. The molecule has 1 aromatic heterocycles. The van der Waals surface area contributed by atoms with Crippen molar-refractivity contribution < 1.29 is 13.9 Å². The van der Waals surface area contributed by atoms with Gasteiger partial charge in [-0.2, -0.15) is 0 Å². The summed E-state index contributed by atoms with van der Waals surface area (Å²) in [5.74, 6) is 1.35. The molecule has 0 fully saturated rings. The average Bonchev–Trinajstić information content (AvgIpc) is 3.25. The number of carbonyl (C=O) groups excluding carboxylic acids is 1. The highest BCUT2D eigenvalue weighted by molar-refractivity contribution is 7.99. The number of rotatable bonds is 7. The van der Waals surface area contributed by atoms with Crippen LogP contribution in [-0.4, -0.2) is 5.91 Å². The van der Waals surface area contributed by atoms with Crippen LogP contribution in [0.4, 0.5) is 5.69 Å². The first-order chi connectivity index (χ1) is 14.7. The molecule has 30 heavy (non-hydrogen) atoms. The van der Waals surface area contributed by atoms with E-state index in [1.54, 1.807) is 23.9 Å². The van der Waals surface area contributed by atoms with Crippen LogP contribution in [0.1, 0.15) is 21.9 Å². The molecule has 0 aliphatic carbocycles. The molecule has 0 unspecified atom stereocenters. The minimum atomic E-state index is -0.293. The van der Waals surface area contributed by atoms with Gasteiger partial charge in [-0.3, -0.25) is 4.79 Å². The number of hydrogen-bond donors (Lipinski definition) is 1. The lowest BCUT2D eigenvalue weighted by Gasteiger charge is -2.10. The molecule has 0 radical (unpaired) electrons. The summed E-state index contributed by atoms with van der Waals surface area (Å²) in [5.41, 5.74) is 1.79. The Balaban J connectivity index is 1.42. The van der Waals surface area contributed by atoms with Gasteiger partial charge in [0.1, 0.15) is 18.1 Å². The van der Waals surface area contributed by atoms with E-state index in [0.29, 0.717) is 5.76 Å². The first-order valence-electron chi connectivity index (χ1n) is 9.59. The number of aryl methyl sites for hydroxylation is 1. The standard InChI is InChI=1S/C25H21NO3S/c1-18-9-5-7-13-22(18)28-17-19-15-16-23(29-19)25(27)26-21-12-6-8-14-24(21)30-20-10-3-2-4-11-20/h2-16H,17H2,1H3,(H,26,27). The molecule has 0 saturated heterocycles. The van der Waals surface area contributed by atoms with E-state index in [1.165, 1.54) is 0 Å². The van der Waals surface area contributed by atoms with Crippen molar-refractivity contribution in [2.45, 2.75) is 23.3 Å². The van der Waals surface area contributed by atoms with Crippen LogP contribution in [0.25, 0.3) is 0 Å². The van der Waals surface area contributed by atoms with Gasteiger partial charge in [0.25, 0.3) is 5.91 Å². The van der Waals surface area contributed by atoms with Gasteiger partial charge in [-0.15, -0.1) is 0 Å². The monoisotopic (exact) mass is 415 g/mol. The minimum absolute atomic E-state index is 0.248. The predicted octanol–water partition coefficient (Wildman–Crippen LogP) is 6.57. The van der Waals surface area contributed by atoms with Gasteiger partial charge in [-0.05, 0) is 55.0 Å². The number of benzene rings is 3. The van der Waals surface area contributed by atoms with E-state index < -0.39 is 0 Å². The Bertz CT molecular complexity index is 1140. The van der Waals surface area contributed by atoms with Crippen molar-refractivity contribution in [2.75, 3.05) is 5.32 Å². The summed E-state index contributed by atoms with van der Waals surface area (Å²) in [7, 11) is 0. The fraction of sp³-hybridized carbons (Fsp3) is 0.0800. The van der Waals surface area contributed by atoms with Gasteiger partial charge in [-0.1, -0.05) is 60.3 Å². The third kappa shape index (κ3) is 4.93. The minimum Gasteiger partial charge on any atom is -0.485 e. The number of para-hydroxylation sites is 2. The smallest absolute Gasteiger partial charge is 0.291 e. The predicted molar refractivity (Wildman–Crippen MR) is 119 cm³/mol. The summed E-state index contributed by atoms with van der Waals surface area (Å²) < 4.78 is 11.5. The van der Waals surface area contributed by atoms with Crippen LogP contribution in [0.5, 0.6) is 5.75 Å². The Morgan fingerprint density at radius 2 is 1.63 bits per heavy atom. The van der Waals surface area contributed by atoms with E-state index in [-0.39, 0.29) is 18.3 Å². The number of anilines is 1. The van der Waals surface area contributed by atoms with Crippen molar-refractivity contribution in [2.24, 2.45) is 0 Å². The molecule has 1 amide bonds. The van der Waals surface area contributed by atoms with Gasteiger partial charge in [0.15, 0.2) is 5.76 Å². The molecule has 150 valence electrons. The Morgan fingerprint density at radius 1 is 0.900 bits per heavy atom. The second-order valence-corrected chi connectivity index (χ2v) is 7.80. The molecule has 0 aliphatic rings. The van der Waals surface area contributed by atoms with E-state index in [0.717, 1.165) is 26.8 Å². The van der Waals surface area contributed by atoms with Crippen molar-refractivity contribution in [3.05, 3.63) is 108 Å². The molecule has 5 heteroatoms. The Labute approximate surface area is 179 Å². The second-order valence-electron chi connectivity index (χ2n) is 6.69. The maximum atomic E-state index is 12.7. The lowest BCUT2D eigenvalue weighted by molar-refractivity contribution is 0.0992. The molecule has 4 aromatic rings. The highest BCUT2D eigenvalue weighted by Crippen LogP contribution is 2.33. The van der Waals surface area contributed by atoms with Crippen LogP contribution in [0.15, 0.2) is 105 Å². The van der Waals surface area contributed by atoms with Crippen LogP contribution in [0, 0.1) is 6.92 Å². The summed E-state index contributed by atoms with van der Waals surface area (Å²) in [5, 5.41) is 2.95. The summed E-state index contributed by atoms with van der Waals surface area (Å²) in [6, 6.07) is 29.0. The van der Waals surface area contributed by atoms with Crippen molar-refractivity contribution in [1.82, 2.24) is 0 Å². The largest absolute Gasteiger partial charge is 0.485 e. The highest BCUT2D eigenvalue weighted by Gasteiger charge is 2.14. The molecule has 0 saturated carbocycles. The first-order valence-corrected chi connectivity index (χ1v) is 10.4. The molecule has 1 heterocycles. The fourth-order valence-corrected chi connectivity index (χ4v) is 3.83. The zero-order valence-corrected chi connectivity index (χ0v) is 17.3. The quantitative estimate of drug-likeness (QED) is 0.371.